The van der Waals surface area contributed by atoms with E-state index in [2.05, 4.69) is 10.6 Å². The molecule has 18 heavy (non-hydrogen) atoms. The molecule has 1 amide bonds. The van der Waals surface area contributed by atoms with Crippen molar-refractivity contribution in [2.45, 2.75) is 18.9 Å². The maximum Gasteiger partial charge on any atom is 0.251 e. The number of nitrogens with one attached hydrogen (secondary N) is 2. The van der Waals surface area contributed by atoms with Crippen LogP contribution in [0.4, 0.5) is 4.39 Å². The first-order chi connectivity index (χ1) is 8.70. The van der Waals surface area contributed by atoms with E-state index >= 15 is 0 Å². The van der Waals surface area contributed by atoms with Gasteiger partial charge < -0.3 is 15.4 Å². The molecule has 4 nitrogen and oxygen atoms in total. The Kier molecular flexibility index (Phi) is 4.15. The molecular formula is C13H17FN2O2. The normalized spacial score (nSPS) is 19.3. The molecule has 0 bridgehead atoms. The maximum absolute atomic E-state index is 13.2. The zero-order valence-corrected chi connectivity index (χ0v) is 10.3. The van der Waals surface area contributed by atoms with E-state index in [0.29, 0.717) is 5.56 Å². The monoisotopic (exact) mass is 252 g/mol. The smallest absolute Gasteiger partial charge is 0.251 e. The van der Waals surface area contributed by atoms with Gasteiger partial charge in [-0.15, -0.1) is 0 Å². The number of ether oxygens (including phenoxy) is 1. The molecule has 0 aliphatic carbocycles. The Morgan fingerprint density at radius 2 is 2.39 bits per heavy atom. The summed E-state index contributed by atoms with van der Waals surface area (Å²) >= 11 is 0. The number of hydrogen-bond donors (Lipinski definition) is 2. The second-order valence-corrected chi connectivity index (χ2v) is 4.37. The molecule has 1 aliphatic heterocycles. The van der Waals surface area contributed by atoms with Gasteiger partial charge >= 0.3 is 0 Å². The van der Waals surface area contributed by atoms with Crippen molar-refractivity contribution in [1.82, 2.24) is 10.6 Å². The molecule has 1 aliphatic rings. The number of piperidine rings is 1. The molecule has 0 aromatic heterocycles. The van der Waals surface area contributed by atoms with Gasteiger partial charge in [0.25, 0.3) is 5.91 Å². The highest BCUT2D eigenvalue weighted by Crippen LogP contribution is 2.18. The van der Waals surface area contributed by atoms with Gasteiger partial charge in [-0.2, -0.15) is 0 Å². The van der Waals surface area contributed by atoms with E-state index in [1.54, 1.807) is 0 Å². The number of hydrogen-bond acceptors (Lipinski definition) is 3. The van der Waals surface area contributed by atoms with Crippen LogP contribution in [0.5, 0.6) is 5.75 Å². The SMILES string of the molecule is COc1cc(C(=O)NC2CCCNC2)ccc1F. The molecule has 1 fully saturated rings. The minimum Gasteiger partial charge on any atom is -0.494 e. The Hall–Kier alpha value is -1.62. The summed E-state index contributed by atoms with van der Waals surface area (Å²) in [4.78, 5) is 12.0. The van der Waals surface area contributed by atoms with Crippen LogP contribution in [0.2, 0.25) is 0 Å². The Morgan fingerprint density at radius 1 is 1.56 bits per heavy atom. The lowest BCUT2D eigenvalue weighted by Gasteiger charge is -2.23. The fourth-order valence-electron chi connectivity index (χ4n) is 2.04. The fraction of sp³-hybridized carbons (Fsp3) is 0.462. The van der Waals surface area contributed by atoms with E-state index in [0.717, 1.165) is 25.9 Å². The third-order valence-electron chi connectivity index (χ3n) is 3.05. The largest absolute Gasteiger partial charge is 0.494 e. The molecule has 0 spiro atoms. The van der Waals surface area contributed by atoms with Crippen molar-refractivity contribution in [3.05, 3.63) is 29.6 Å². The fourth-order valence-corrected chi connectivity index (χ4v) is 2.04. The van der Waals surface area contributed by atoms with Crippen LogP contribution >= 0.6 is 0 Å². The molecule has 2 rings (SSSR count). The van der Waals surface area contributed by atoms with Crippen molar-refractivity contribution in [3.63, 3.8) is 0 Å². The van der Waals surface area contributed by atoms with E-state index in [4.69, 9.17) is 4.74 Å². The lowest BCUT2D eigenvalue weighted by atomic mass is 10.1. The van der Waals surface area contributed by atoms with E-state index in [-0.39, 0.29) is 17.7 Å². The molecular weight excluding hydrogens is 235 g/mol. The summed E-state index contributed by atoms with van der Waals surface area (Å²) in [6.07, 6.45) is 2.02. The van der Waals surface area contributed by atoms with E-state index in [9.17, 15) is 9.18 Å². The summed E-state index contributed by atoms with van der Waals surface area (Å²) in [6.45, 7) is 1.78. The number of methoxy groups -OCH3 is 1. The number of benzene rings is 1. The summed E-state index contributed by atoms with van der Waals surface area (Å²) in [5, 5.41) is 6.15. The van der Waals surface area contributed by atoms with Crippen LogP contribution in [-0.4, -0.2) is 32.1 Å². The van der Waals surface area contributed by atoms with Crippen LogP contribution in [0, 0.1) is 5.82 Å². The van der Waals surface area contributed by atoms with E-state index in [1.165, 1.54) is 25.3 Å². The van der Waals surface area contributed by atoms with Crippen molar-refractivity contribution in [3.8, 4) is 5.75 Å². The Morgan fingerprint density at radius 3 is 3.06 bits per heavy atom. The third-order valence-corrected chi connectivity index (χ3v) is 3.05. The van der Waals surface area contributed by atoms with Crippen molar-refractivity contribution in [1.29, 1.82) is 0 Å². The Labute approximate surface area is 106 Å². The van der Waals surface area contributed by atoms with Crippen LogP contribution in [0.25, 0.3) is 0 Å². The van der Waals surface area contributed by atoms with Gasteiger partial charge in [0.05, 0.1) is 7.11 Å². The molecule has 1 atom stereocenters. The van der Waals surface area contributed by atoms with Crippen molar-refractivity contribution in [2.75, 3.05) is 20.2 Å². The number of halogens is 1. The zero-order chi connectivity index (χ0) is 13.0. The van der Waals surface area contributed by atoms with Gasteiger partial charge in [-0.3, -0.25) is 4.79 Å². The first-order valence-corrected chi connectivity index (χ1v) is 6.06. The highest BCUT2D eigenvalue weighted by molar-refractivity contribution is 5.94. The molecule has 98 valence electrons. The van der Waals surface area contributed by atoms with Crippen molar-refractivity contribution in [2.24, 2.45) is 0 Å². The lowest BCUT2D eigenvalue weighted by Crippen LogP contribution is -2.45. The molecule has 1 unspecified atom stereocenters. The molecule has 1 saturated heterocycles. The molecule has 0 radical (unpaired) electrons. The van der Waals surface area contributed by atoms with Gasteiger partial charge in [0.1, 0.15) is 0 Å². The van der Waals surface area contributed by atoms with Gasteiger partial charge in [-0.25, -0.2) is 4.39 Å². The summed E-state index contributed by atoms with van der Waals surface area (Å²) in [7, 11) is 1.38. The molecule has 5 heteroatoms. The topological polar surface area (TPSA) is 50.4 Å². The second kappa shape index (κ2) is 5.82. The van der Waals surface area contributed by atoms with Gasteiger partial charge in [0.2, 0.25) is 0 Å². The standard InChI is InChI=1S/C13H17FN2O2/c1-18-12-7-9(4-5-11(12)14)13(17)16-10-3-2-6-15-8-10/h4-5,7,10,15H,2-3,6,8H2,1H3,(H,16,17). The number of amides is 1. The highest BCUT2D eigenvalue weighted by Gasteiger charge is 2.17. The summed E-state index contributed by atoms with van der Waals surface area (Å²) in [5.41, 5.74) is 0.416. The van der Waals surface area contributed by atoms with Crippen LogP contribution in [0.1, 0.15) is 23.2 Å². The van der Waals surface area contributed by atoms with E-state index in [1.807, 2.05) is 0 Å². The quantitative estimate of drug-likeness (QED) is 0.853. The van der Waals surface area contributed by atoms with Crippen molar-refractivity contribution >= 4 is 5.91 Å². The first kappa shape index (κ1) is 12.8. The molecule has 0 saturated carbocycles. The Balaban J connectivity index is 2.03. The van der Waals surface area contributed by atoms with E-state index < -0.39 is 5.82 Å². The van der Waals surface area contributed by atoms with Crippen LogP contribution in [-0.2, 0) is 0 Å². The zero-order valence-electron chi connectivity index (χ0n) is 10.3. The average molecular weight is 252 g/mol. The number of rotatable bonds is 3. The molecule has 2 N–H and O–H groups in total. The molecule has 1 heterocycles. The third kappa shape index (κ3) is 2.98. The number of carbonyl (C=O) groups is 1. The van der Waals surface area contributed by atoms with Crippen LogP contribution in [0.15, 0.2) is 18.2 Å². The Bertz CT molecular complexity index is 431. The summed E-state index contributed by atoms with van der Waals surface area (Å²) in [6, 6.07) is 4.26. The first-order valence-electron chi connectivity index (χ1n) is 6.06. The minimum absolute atomic E-state index is 0.0874. The predicted molar refractivity (Wildman–Crippen MR) is 66.3 cm³/mol. The second-order valence-electron chi connectivity index (χ2n) is 4.37. The molecule has 1 aromatic rings. The van der Waals surface area contributed by atoms with Gasteiger partial charge in [-0.1, -0.05) is 0 Å². The molecule has 1 aromatic carbocycles. The van der Waals surface area contributed by atoms with Gasteiger partial charge in [0, 0.05) is 18.2 Å². The average Bonchev–Trinajstić information content (AvgIpc) is 2.40. The minimum atomic E-state index is -0.464. The van der Waals surface area contributed by atoms with Crippen LogP contribution in [0.3, 0.4) is 0 Å². The van der Waals surface area contributed by atoms with Gasteiger partial charge in [-0.05, 0) is 37.6 Å². The lowest BCUT2D eigenvalue weighted by molar-refractivity contribution is 0.0930. The highest BCUT2D eigenvalue weighted by atomic mass is 19.1. The summed E-state index contributed by atoms with van der Waals surface area (Å²) < 4.78 is 18.1. The van der Waals surface area contributed by atoms with Crippen molar-refractivity contribution < 1.29 is 13.9 Å². The van der Waals surface area contributed by atoms with Crippen LogP contribution < -0.4 is 15.4 Å². The predicted octanol–water partition coefficient (Wildman–Crippen LogP) is 1.32. The summed E-state index contributed by atoms with van der Waals surface area (Å²) in [5.74, 6) is -0.570. The maximum atomic E-state index is 13.2. The number of carbonyl (C=O) groups excluding carboxylic acids is 1. The van der Waals surface area contributed by atoms with Gasteiger partial charge in [0.15, 0.2) is 11.6 Å².